The van der Waals surface area contributed by atoms with E-state index in [2.05, 4.69) is 68.2 Å². The maximum Gasteiger partial charge on any atom is 0.192 e. The Bertz CT molecular complexity index is 1010. The molecule has 3 fully saturated rings. The standard InChI is InChI=1S/C30H52BCl2FN4O3Si/c1-30(2,3)42(4,5)41-18-26-28(31)36-27(38(26)14-22-9-11-39-22)16-37-10-8-19-12-23(33)29(35-25(19)15-37)40-17-20-6-7-21(32)13-24(20)34/h12,20-22,24,26-29,35-36H,6-11,13-18,31H2,1-5H3/t20?,21?,22-,24?,26?,27?,28?,29?/m0/s1. The van der Waals surface area contributed by atoms with Crippen LogP contribution in [0.1, 0.15) is 52.9 Å². The molecule has 4 heterocycles. The van der Waals surface area contributed by atoms with E-state index in [0.717, 1.165) is 70.8 Å². The molecule has 42 heavy (non-hydrogen) atoms. The number of halogens is 3. The van der Waals surface area contributed by atoms with Gasteiger partial charge in [-0.05, 0) is 67.8 Å². The van der Waals surface area contributed by atoms with Crippen molar-refractivity contribution in [1.29, 1.82) is 0 Å². The van der Waals surface area contributed by atoms with Gasteiger partial charge in [-0.3, -0.25) is 9.80 Å². The predicted octanol–water partition coefficient (Wildman–Crippen LogP) is 4.13. The van der Waals surface area contributed by atoms with Crippen LogP contribution in [0.4, 0.5) is 4.39 Å². The first-order valence-corrected chi connectivity index (χ1v) is 19.8. The third-order valence-corrected chi connectivity index (χ3v) is 15.8. The molecule has 2 saturated heterocycles. The summed E-state index contributed by atoms with van der Waals surface area (Å²) >= 11 is 12.8. The average molecular weight is 646 g/mol. The molecule has 0 radical (unpaired) electrons. The van der Waals surface area contributed by atoms with E-state index < -0.39 is 20.7 Å². The topological polar surface area (TPSA) is 58.2 Å². The molecule has 12 heteroatoms. The van der Waals surface area contributed by atoms with Crippen LogP contribution in [0.15, 0.2) is 22.4 Å². The quantitative estimate of drug-likeness (QED) is 0.274. The van der Waals surface area contributed by atoms with Crippen LogP contribution in [0.5, 0.6) is 0 Å². The Kier molecular flexibility index (Phi) is 10.8. The number of ether oxygens (including phenoxy) is 2. The molecular formula is C30H52BCl2FN4O3Si. The van der Waals surface area contributed by atoms with Gasteiger partial charge < -0.3 is 24.5 Å². The molecule has 5 rings (SSSR count). The number of allylic oxidation sites excluding steroid dienone is 1. The molecule has 238 valence electrons. The highest BCUT2D eigenvalue weighted by atomic mass is 35.5. The zero-order chi connectivity index (χ0) is 30.2. The molecule has 7 unspecified atom stereocenters. The summed E-state index contributed by atoms with van der Waals surface area (Å²) < 4.78 is 33.3. The van der Waals surface area contributed by atoms with Gasteiger partial charge in [0.1, 0.15) is 14.0 Å². The molecule has 0 aromatic rings. The minimum atomic E-state index is -1.85. The van der Waals surface area contributed by atoms with Crippen molar-refractivity contribution in [3.63, 3.8) is 0 Å². The van der Waals surface area contributed by atoms with Gasteiger partial charge in [-0.1, -0.05) is 32.4 Å². The van der Waals surface area contributed by atoms with Crippen LogP contribution in [0.25, 0.3) is 0 Å². The number of nitrogens with zero attached hydrogens (tertiary/aromatic N) is 2. The van der Waals surface area contributed by atoms with Crippen molar-refractivity contribution in [2.75, 3.05) is 46.0 Å². The van der Waals surface area contributed by atoms with Crippen LogP contribution < -0.4 is 10.6 Å². The lowest BCUT2D eigenvalue weighted by Gasteiger charge is -2.41. The lowest BCUT2D eigenvalue weighted by molar-refractivity contribution is -0.0771. The Morgan fingerprint density at radius 3 is 2.62 bits per heavy atom. The summed E-state index contributed by atoms with van der Waals surface area (Å²) in [5.74, 6) is 0.207. The van der Waals surface area contributed by atoms with Crippen molar-refractivity contribution in [2.24, 2.45) is 5.92 Å². The van der Waals surface area contributed by atoms with Crippen molar-refractivity contribution in [2.45, 2.75) is 113 Å². The van der Waals surface area contributed by atoms with E-state index in [1.807, 2.05) is 0 Å². The molecular weight excluding hydrogens is 593 g/mol. The highest BCUT2D eigenvalue weighted by Crippen LogP contribution is 2.37. The molecule has 5 aliphatic rings. The highest BCUT2D eigenvalue weighted by molar-refractivity contribution is 6.74. The summed E-state index contributed by atoms with van der Waals surface area (Å²) in [6, 6.07) is 0.313. The van der Waals surface area contributed by atoms with Crippen molar-refractivity contribution < 1.29 is 18.3 Å². The van der Waals surface area contributed by atoms with Gasteiger partial charge in [-0.25, -0.2) is 4.39 Å². The van der Waals surface area contributed by atoms with E-state index in [1.165, 1.54) is 5.57 Å². The SMILES string of the molecule is BC1NC(CN2CCC3=C(C2)NC(OCC2CCC(Cl)CC2F)C(Cl)=C3)N(C[C@@H]2CCO2)C1CO[Si](C)(C)C(C)(C)C. The van der Waals surface area contributed by atoms with Crippen molar-refractivity contribution in [1.82, 2.24) is 20.4 Å². The van der Waals surface area contributed by atoms with Crippen LogP contribution >= 0.6 is 23.2 Å². The molecule has 7 nitrogen and oxygen atoms in total. The summed E-state index contributed by atoms with van der Waals surface area (Å²) in [5, 5.41) is 8.22. The Balaban J connectivity index is 1.19. The molecule has 0 bridgehead atoms. The van der Waals surface area contributed by atoms with Crippen molar-refractivity contribution in [3.05, 3.63) is 22.4 Å². The number of dihydropyridines is 1. The minimum Gasteiger partial charge on any atom is -0.415 e. The first-order chi connectivity index (χ1) is 19.8. The number of rotatable bonds is 10. The monoisotopic (exact) mass is 644 g/mol. The molecule has 1 aliphatic carbocycles. The summed E-state index contributed by atoms with van der Waals surface area (Å²) in [7, 11) is 0.443. The van der Waals surface area contributed by atoms with Crippen molar-refractivity contribution in [3.8, 4) is 0 Å². The van der Waals surface area contributed by atoms with E-state index in [4.69, 9.17) is 37.1 Å². The van der Waals surface area contributed by atoms with Gasteiger partial charge in [-0.2, -0.15) is 0 Å². The number of hydrogen-bond acceptors (Lipinski definition) is 7. The van der Waals surface area contributed by atoms with Crippen LogP contribution in [-0.4, -0.2) is 114 Å². The van der Waals surface area contributed by atoms with Gasteiger partial charge in [0.05, 0.1) is 30.5 Å². The lowest BCUT2D eigenvalue weighted by Crippen LogP contribution is -2.54. The summed E-state index contributed by atoms with van der Waals surface area (Å²) in [6.07, 6.45) is 5.30. The van der Waals surface area contributed by atoms with Crippen molar-refractivity contribution >= 4 is 39.4 Å². The van der Waals surface area contributed by atoms with E-state index in [9.17, 15) is 4.39 Å². The fraction of sp³-hybridized carbons (Fsp3) is 0.867. The van der Waals surface area contributed by atoms with Gasteiger partial charge in [0.25, 0.3) is 0 Å². The molecule has 0 aromatic carbocycles. The third kappa shape index (κ3) is 7.79. The molecule has 0 aromatic heterocycles. The molecule has 4 aliphatic heterocycles. The maximum atomic E-state index is 14.5. The average Bonchev–Trinajstić information content (AvgIpc) is 3.17. The fourth-order valence-corrected chi connectivity index (χ4v) is 8.09. The maximum absolute atomic E-state index is 14.5. The van der Waals surface area contributed by atoms with Gasteiger partial charge in [0, 0.05) is 55.8 Å². The van der Waals surface area contributed by atoms with Crippen LogP contribution in [-0.2, 0) is 13.9 Å². The second kappa shape index (κ2) is 13.7. The van der Waals surface area contributed by atoms with E-state index in [-0.39, 0.29) is 22.5 Å². The van der Waals surface area contributed by atoms with Crippen LogP contribution in [0, 0.1) is 5.92 Å². The van der Waals surface area contributed by atoms with Crippen LogP contribution in [0.2, 0.25) is 18.1 Å². The summed E-state index contributed by atoms with van der Waals surface area (Å²) in [5.41, 5.74) is 2.41. The molecule has 0 amide bonds. The second-order valence-corrected chi connectivity index (χ2v) is 20.5. The first-order valence-electron chi connectivity index (χ1n) is 16.1. The smallest absolute Gasteiger partial charge is 0.192 e. The first kappa shape index (κ1) is 33.2. The number of alkyl halides is 2. The molecule has 0 spiro atoms. The third-order valence-electron chi connectivity index (χ3n) is 10.6. The molecule has 8 atom stereocenters. The molecule has 1 saturated carbocycles. The van der Waals surface area contributed by atoms with Crippen LogP contribution in [0.3, 0.4) is 0 Å². The summed E-state index contributed by atoms with van der Waals surface area (Å²) in [6.45, 7) is 17.2. The van der Waals surface area contributed by atoms with Gasteiger partial charge in [0.15, 0.2) is 14.5 Å². The fourth-order valence-electron chi connectivity index (χ4n) is 6.52. The number of nitrogens with one attached hydrogen (secondary N) is 2. The van der Waals surface area contributed by atoms with Gasteiger partial charge in [0.2, 0.25) is 0 Å². The second-order valence-electron chi connectivity index (χ2n) is 14.7. The van der Waals surface area contributed by atoms with Gasteiger partial charge in [-0.15, -0.1) is 11.6 Å². The van der Waals surface area contributed by atoms with E-state index in [0.29, 0.717) is 36.1 Å². The van der Waals surface area contributed by atoms with E-state index in [1.54, 1.807) is 0 Å². The zero-order valence-electron chi connectivity index (χ0n) is 26.4. The Morgan fingerprint density at radius 2 is 1.95 bits per heavy atom. The zero-order valence-corrected chi connectivity index (χ0v) is 28.9. The highest BCUT2D eigenvalue weighted by Gasteiger charge is 2.44. The minimum absolute atomic E-state index is 0.0667. The summed E-state index contributed by atoms with van der Waals surface area (Å²) in [4.78, 5) is 5.14. The molecule has 2 N–H and O–H groups in total. The predicted molar refractivity (Wildman–Crippen MR) is 174 cm³/mol. The normalized spacial score (nSPS) is 36.8. The van der Waals surface area contributed by atoms with E-state index >= 15 is 0 Å². The Morgan fingerprint density at radius 1 is 1.19 bits per heavy atom. The van der Waals surface area contributed by atoms with Gasteiger partial charge >= 0.3 is 0 Å². The largest absolute Gasteiger partial charge is 0.415 e. The Labute approximate surface area is 264 Å². The Hall–Kier alpha value is -0.168. The lowest BCUT2D eigenvalue weighted by atomic mass is 9.88. The number of hydrogen-bond donors (Lipinski definition) is 2.